The minimum absolute atomic E-state index is 0.189. The number of nitrogens with one attached hydrogen (secondary N) is 1. The summed E-state index contributed by atoms with van der Waals surface area (Å²) in [6, 6.07) is 13.5. The lowest BCUT2D eigenvalue weighted by molar-refractivity contribution is -0.116. The van der Waals surface area contributed by atoms with E-state index in [-0.39, 0.29) is 17.2 Å². The maximum Gasteiger partial charge on any atom is 0.243 e. The highest BCUT2D eigenvalue weighted by atomic mass is 35.5. The van der Waals surface area contributed by atoms with E-state index in [0.717, 1.165) is 18.4 Å². The molecule has 1 fully saturated rings. The molecular formula is C22H22ClN3O4S. The quantitative estimate of drug-likeness (QED) is 0.567. The van der Waals surface area contributed by atoms with Gasteiger partial charge < -0.3 is 9.73 Å². The third kappa shape index (κ3) is 5.15. The fourth-order valence-corrected chi connectivity index (χ4v) is 5.05. The van der Waals surface area contributed by atoms with Crippen LogP contribution in [0.15, 0.2) is 64.0 Å². The predicted molar refractivity (Wildman–Crippen MR) is 118 cm³/mol. The van der Waals surface area contributed by atoms with Crippen molar-refractivity contribution in [3.8, 4) is 11.3 Å². The second kappa shape index (κ2) is 9.21. The van der Waals surface area contributed by atoms with Gasteiger partial charge in [0.1, 0.15) is 0 Å². The number of halogens is 1. The van der Waals surface area contributed by atoms with Crippen LogP contribution in [0, 0.1) is 0 Å². The number of sulfonamides is 1. The molecule has 0 radical (unpaired) electrons. The van der Waals surface area contributed by atoms with Crippen LogP contribution in [-0.4, -0.2) is 36.7 Å². The molecular weight excluding hydrogens is 438 g/mol. The minimum atomic E-state index is -3.46. The summed E-state index contributed by atoms with van der Waals surface area (Å²) in [5, 5.41) is 3.41. The van der Waals surface area contributed by atoms with Gasteiger partial charge in [-0.1, -0.05) is 11.6 Å². The van der Waals surface area contributed by atoms with Crippen LogP contribution in [0.1, 0.15) is 25.2 Å². The lowest BCUT2D eigenvalue weighted by Crippen LogP contribution is -2.27. The average molecular weight is 460 g/mol. The molecule has 0 aliphatic carbocycles. The number of oxazole rings is 1. The van der Waals surface area contributed by atoms with Crippen LogP contribution >= 0.6 is 11.6 Å². The maximum absolute atomic E-state index is 12.6. The van der Waals surface area contributed by atoms with E-state index in [2.05, 4.69) is 10.3 Å². The topological polar surface area (TPSA) is 92.5 Å². The molecule has 1 aromatic heterocycles. The van der Waals surface area contributed by atoms with Crippen LogP contribution in [-0.2, 0) is 21.2 Å². The standard InChI is InChI=1S/C22H22ClN3O4S/c23-17-5-3-16(4-6-17)20-15-24-22(30-20)12-11-21(27)25-18-7-9-19(10-8-18)31(28,29)26-13-1-2-14-26/h3-10,15H,1-2,11-14H2,(H,25,27). The van der Waals surface area contributed by atoms with Crippen molar-refractivity contribution >= 4 is 33.2 Å². The Kier molecular flexibility index (Phi) is 6.41. The van der Waals surface area contributed by atoms with Gasteiger partial charge >= 0.3 is 0 Å². The van der Waals surface area contributed by atoms with Gasteiger partial charge in [-0.25, -0.2) is 13.4 Å². The second-order valence-corrected chi connectivity index (χ2v) is 9.68. The summed E-state index contributed by atoms with van der Waals surface area (Å²) in [5.41, 5.74) is 1.40. The van der Waals surface area contributed by atoms with Crippen molar-refractivity contribution in [1.82, 2.24) is 9.29 Å². The number of aromatic nitrogens is 1. The number of hydrogen-bond donors (Lipinski definition) is 1. The Balaban J connectivity index is 1.31. The lowest BCUT2D eigenvalue weighted by Gasteiger charge is -2.15. The molecule has 2 aromatic carbocycles. The van der Waals surface area contributed by atoms with Crippen molar-refractivity contribution in [1.29, 1.82) is 0 Å². The van der Waals surface area contributed by atoms with Gasteiger partial charge in [-0.2, -0.15) is 4.31 Å². The number of hydrogen-bond acceptors (Lipinski definition) is 5. The van der Waals surface area contributed by atoms with E-state index >= 15 is 0 Å². The first kappa shape index (κ1) is 21.5. The Bertz CT molecular complexity index is 1150. The van der Waals surface area contributed by atoms with Crippen molar-refractivity contribution in [3.63, 3.8) is 0 Å². The van der Waals surface area contributed by atoms with E-state index in [1.807, 2.05) is 12.1 Å². The SMILES string of the molecule is O=C(CCc1ncc(-c2ccc(Cl)cc2)o1)Nc1ccc(S(=O)(=O)N2CCCC2)cc1. The molecule has 0 spiro atoms. The highest BCUT2D eigenvalue weighted by Crippen LogP contribution is 2.24. The third-order valence-electron chi connectivity index (χ3n) is 5.09. The fourth-order valence-electron chi connectivity index (χ4n) is 3.41. The number of rotatable bonds is 7. The summed E-state index contributed by atoms with van der Waals surface area (Å²) < 4.78 is 32.3. The highest BCUT2D eigenvalue weighted by molar-refractivity contribution is 7.89. The summed E-state index contributed by atoms with van der Waals surface area (Å²) in [5.74, 6) is 0.871. The Morgan fingerprint density at radius 2 is 1.74 bits per heavy atom. The largest absolute Gasteiger partial charge is 0.441 e. The molecule has 2 heterocycles. The van der Waals surface area contributed by atoms with Crippen LogP contribution in [0.2, 0.25) is 5.02 Å². The summed E-state index contributed by atoms with van der Waals surface area (Å²) in [4.78, 5) is 16.7. The van der Waals surface area contributed by atoms with Crippen molar-refractivity contribution in [2.45, 2.75) is 30.6 Å². The van der Waals surface area contributed by atoms with E-state index in [0.29, 0.717) is 41.9 Å². The number of carbonyl (C=O) groups excluding carboxylic acids is 1. The molecule has 7 nitrogen and oxygen atoms in total. The Hall–Kier alpha value is -2.68. The number of anilines is 1. The van der Waals surface area contributed by atoms with Crippen LogP contribution in [0.5, 0.6) is 0 Å². The van der Waals surface area contributed by atoms with Crippen LogP contribution in [0.4, 0.5) is 5.69 Å². The van der Waals surface area contributed by atoms with Crippen LogP contribution < -0.4 is 5.32 Å². The van der Waals surface area contributed by atoms with Crippen molar-refractivity contribution in [2.75, 3.05) is 18.4 Å². The Labute approximate surface area is 186 Å². The number of carbonyl (C=O) groups is 1. The van der Waals surface area contributed by atoms with Gasteiger partial charge in [-0.15, -0.1) is 0 Å². The average Bonchev–Trinajstić information content (AvgIpc) is 3.46. The maximum atomic E-state index is 12.6. The number of aryl methyl sites for hydroxylation is 1. The molecule has 1 aliphatic heterocycles. The van der Waals surface area contributed by atoms with E-state index in [1.54, 1.807) is 30.5 Å². The molecule has 31 heavy (non-hydrogen) atoms. The van der Waals surface area contributed by atoms with E-state index < -0.39 is 10.0 Å². The molecule has 162 valence electrons. The molecule has 0 saturated carbocycles. The van der Waals surface area contributed by atoms with Crippen molar-refractivity contribution < 1.29 is 17.6 Å². The van der Waals surface area contributed by atoms with E-state index in [4.69, 9.17) is 16.0 Å². The first-order chi connectivity index (χ1) is 14.9. The van der Waals surface area contributed by atoms with E-state index in [1.165, 1.54) is 16.4 Å². The van der Waals surface area contributed by atoms with Gasteiger partial charge in [-0.05, 0) is 61.4 Å². The molecule has 4 rings (SSSR count). The molecule has 1 aliphatic rings. The Morgan fingerprint density at radius 1 is 1.06 bits per heavy atom. The molecule has 1 amide bonds. The van der Waals surface area contributed by atoms with E-state index in [9.17, 15) is 13.2 Å². The van der Waals surface area contributed by atoms with Gasteiger partial charge in [0.05, 0.1) is 11.1 Å². The van der Waals surface area contributed by atoms with Crippen LogP contribution in [0.3, 0.4) is 0 Å². The molecule has 0 unspecified atom stereocenters. The van der Waals surface area contributed by atoms with Gasteiger partial charge in [-0.3, -0.25) is 4.79 Å². The van der Waals surface area contributed by atoms with Crippen molar-refractivity contribution in [3.05, 3.63) is 65.6 Å². The molecule has 0 atom stereocenters. The van der Waals surface area contributed by atoms with Gasteiger partial charge in [0.15, 0.2) is 11.7 Å². The molecule has 3 aromatic rings. The predicted octanol–water partition coefficient (Wildman–Crippen LogP) is 4.35. The molecule has 0 bridgehead atoms. The lowest BCUT2D eigenvalue weighted by atomic mass is 10.2. The minimum Gasteiger partial charge on any atom is -0.441 e. The first-order valence-electron chi connectivity index (χ1n) is 10.0. The molecule has 1 N–H and O–H groups in total. The smallest absolute Gasteiger partial charge is 0.243 e. The fraction of sp³-hybridized carbons (Fsp3) is 0.273. The Morgan fingerprint density at radius 3 is 2.42 bits per heavy atom. The van der Waals surface area contributed by atoms with Crippen LogP contribution in [0.25, 0.3) is 11.3 Å². The number of amides is 1. The van der Waals surface area contributed by atoms with Crippen molar-refractivity contribution in [2.24, 2.45) is 0 Å². The number of nitrogens with zero attached hydrogens (tertiary/aromatic N) is 2. The van der Waals surface area contributed by atoms with Gasteiger partial charge in [0, 0.05) is 42.2 Å². The summed E-state index contributed by atoms with van der Waals surface area (Å²) in [6.45, 7) is 1.11. The van der Waals surface area contributed by atoms with Gasteiger partial charge in [0.2, 0.25) is 15.9 Å². The molecule has 1 saturated heterocycles. The zero-order chi connectivity index (χ0) is 21.8. The summed E-state index contributed by atoms with van der Waals surface area (Å²) in [7, 11) is -3.46. The first-order valence-corrected chi connectivity index (χ1v) is 11.8. The van der Waals surface area contributed by atoms with Gasteiger partial charge in [0.25, 0.3) is 0 Å². The zero-order valence-electron chi connectivity index (χ0n) is 16.8. The summed E-state index contributed by atoms with van der Waals surface area (Å²) >= 11 is 5.89. The highest BCUT2D eigenvalue weighted by Gasteiger charge is 2.26. The zero-order valence-corrected chi connectivity index (χ0v) is 18.3. The molecule has 9 heteroatoms. The third-order valence-corrected chi connectivity index (χ3v) is 7.25. The second-order valence-electron chi connectivity index (χ2n) is 7.31. The normalized spacial score (nSPS) is 14.6. The monoisotopic (exact) mass is 459 g/mol. The summed E-state index contributed by atoms with van der Waals surface area (Å²) in [6.07, 6.45) is 3.93. The number of benzene rings is 2.